The van der Waals surface area contributed by atoms with Gasteiger partial charge in [-0.2, -0.15) is 0 Å². The molecule has 6 nitrogen and oxygen atoms in total. The van der Waals surface area contributed by atoms with Crippen LogP contribution in [-0.2, 0) is 9.59 Å². The van der Waals surface area contributed by atoms with Gasteiger partial charge >= 0.3 is 5.97 Å². The molecule has 0 bridgehead atoms. The zero-order chi connectivity index (χ0) is 17.2. The molecule has 0 aromatic rings. The summed E-state index contributed by atoms with van der Waals surface area (Å²) in [5.41, 5.74) is 0. The lowest BCUT2D eigenvalue weighted by molar-refractivity contribution is -0.138. The fourth-order valence-electron chi connectivity index (χ4n) is 2.96. The van der Waals surface area contributed by atoms with Gasteiger partial charge in [0, 0.05) is 25.7 Å². The van der Waals surface area contributed by atoms with E-state index >= 15 is 0 Å². The Morgan fingerprint density at radius 2 is 1.87 bits per heavy atom. The number of likely N-dealkylation sites (tertiary alicyclic amines) is 1. The summed E-state index contributed by atoms with van der Waals surface area (Å²) in [5.74, 6) is -0.713. The quantitative estimate of drug-likeness (QED) is 0.643. The van der Waals surface area contributed by atoms with Crippen molar-refractivity contribution >= 4 is 11.9 Å². The topological polar surface area (TPSA) is 64.1 Å². The molecule has 1 heterocycles. The number of likely N-dealkylation sites (N-methyl/N-ethyl adjacent to an activating group) is 1. The molecule has 130 valence electrons. The lowest BCUT2D eigenvalue weighted by Crippen LogP contribution is -2.41. The fourth-order valence-corrected chi connectivity index (χ4v) is 2.96. The molecular weight excluding hydrogens is 294 g/mol. The van der Waals surface area contributed by atoms with E-state index in [1.807, 2.05) is 11.9 Å². The highest BCUT2D eigenvalue weighted by atomic mass is 16.4. The number of aliphatic carboxylic acids is 1. The van der Waals surface area contributed by atoms with Gasteiger partial charge in [0.2, 0.25) is 5.91 Å². The Morgan fingerprint density at radius 1 is 1.22 bits per heavy atom. The number of nitrogens with zero attached hydrogens (tertiary/aromatic N) is 3. The standard InChI is InChI=1S/C17H29N3O3/c1-4-9-20(10-5-2)16(21)13-19-11-6-7-15(8-12-19)18(3)14-17(22)23/h4-5,15H,1-2,6-14H2,3H3,(H,22,23). The zero-order valence-electron chi connectivity index (χ0n) is 14.1. The van der Waals surface area contributed by atoms with Crippen molar-refractivity contribution in [3.05, 3.63) is 25.3 Å². The molecule has 1 amide bonds. The highest BCUT2D eigenvalue weighted by Gasteiger charge is 2.23. The van der Waals surface area contributed by atoms with Crippen LogP contribution in [0, 0.1) is 0 Å². The SMILES string of the molecule is C=CCN(CC=C)C(=O)CN1CCCC(N(C)CC(=O)O)CC1. The smallest absolute Gasteiger partial charge is 0.317 e. The van der Waals surface area contributed by atoms with Crippen LogP contribution in [-0.4, -0.2) is 84.0 Å². The molecule has 1 N–H and O–H groups in total. The third kappa shape index (κ3) is 6.97. The molecule has 0 saturated carbocycles. The van der Waals surface area contributed by atoms with E-state index in [0.29, 0.717) is 19.6 Å². The Labute approximate surface area is 139 Å². The van der Waals surface area contributed by atoms with Crippen molar-refractivity contribution in [2.24, 2.45) is 0 Å². The molecule has 1 unspecified atom stereocenters. The van der Waals surface area contributed by atoms with Crippen LogP contribution in [0.5, 0.6) is 0 Å². The molecule has 0 aromatic carbocycles. The normalized spacial score (nSPS) is 19.1. The maximum atomic E-state index is 12.4. The van der Waals surface area contributed by atoms with Crippen LogP contribution in [0.3, 0.4) is 0 Å². The Balaban J connectivity index is 2.50. The Hall–Kier alpha value is -1.66. The van der Waals surface area contributed by atoms with Crippen LogP contribution in [0.2, 0.25) is 0 Å². The van der Waals surface area contributed by atoms with Gasteiger partial charge in [-0.25, -0.2) is 0 Å². The predicted molar refractivity (Wildman–Crippen MR) is 91.3 cm³/mol. The van der Waals surface area contributed by atoms with E-state index in [0.717, 1.165) is 32.4 Å². The number of hydrogen-bond donors (Lipinski definition) is 1. The van der Waals surface area contributed by atoms with Crippen LogP contribution in [0.25, 0.3) is 0 Å². The minimum Gasteiger partial charge on any atom is -0.480 e. The number of carbonyl (C=O) groups is 2. The van der Waals surface area contributed by atoms with Gasteiger partial charge in [0.05, 0.1) is 13.1 Å². The summed E-state index contributed by atoms with van der Waals surface area (Å²) in [7, 11) is 1.86. The number of amides is 1. The summed E-state index contributed by atoms with van der Waals surface area (Å²) >= 11 is 0. The third-order valence-corrected chi connectivity index (χ3v) is 4.21. The van der Waals surface area contributed by atoms with Gasteiger partial charge in [-0.3, -0.25) is 19.4 Å². The highest BCUT2D eigenvalue weighted by Crippen LogP contribution is 2.15. The molecular formula is C17H29N3O3. The van der Waals surface area contributed by atoms with Gasteiger partial charge in [-0.1, -0.05) is 12.2 Å². The molecule has 0 aromatic heterocycles. The monoisotopic (exact) mass is 323 g/mol. The highest BCUT2D eigenvalue weighted by molar-refractivity contribution is 5.78. The molecule has 1 saturated heterocycles. The van der Waals surface area contributed by atoms with Crippen molar-refractivity contribution in [3.63, 3.8) is 0 Å². The van der Waals surface area contributed by atoms with E-state index < -0.39 is 5.97 Å². The van der Waals surface area contributed by atoms with E-state index in [-0.39, 0.29) is 18.5 Å². The molecule has 1 rings (SSSR count). The van der Waals surface area contributed by atoms with Gasteiger partial charge in [0.15, 0.2) is 0 Å². The fraction of sp³-hybridized carbons (Fsp3) is 0.647. The van der Waals surface area contributed by atoms with Crippen molar-refractivity contribution in [2.75, 3.05) is 46.3 Å². The number of carbonyl (C=O) groups excluding carboxylic acids is 1. The lowest BCUT2D eigenvalue weighted by atomic mass is 10.1. The van der Waals surface area contributed by atoms with Crippen LogP contribution < -0.4 is 0 Å². The van der Waals surface area contributed by atoms with Gasteiger partial charge < -0.3 is 10.0 Å². The maximum Gasteiger partial charge on any atom is 0.317 e. The van der Waals surface area contributed by atoms with Gasteiger partial charge in [-0.15, -0.1) is 13.2 Å². The first-order valence-corrected chi connectivity index (χ1v) is 8.11. The Bertz CT molecular complexity index is 415. The molecule has 1 atom stereocenters. The van der Waals surface area contributed by atoms with E-state index in [2.05, 4.69) is 18.1 Å². The third-order valence-electron chi connectivity index (χ3n) is 4.21. The zero-order valence-corrected chi connectivity index (χ0v) is 14.1. The predicted octanol–water partition coefficient (Wildman–Crippen LogP) is 1.06. The molecule has 6 heteroatoms. The first-order valence-electron chi connectivity index (χ1n) is 8.11. The average Bonchev–Trinajstić information content (AvgIpc) is 2.72. The molecule has 1 aliphatic heterocycles. The summed E-state index contributed by atoms with van der Waals surface area (Å²) < 4.78 is 0. The summed E-state index contributed by atoms with van der Waals surface area (Å²) in [6.07, 6.45) is 6.28. The van der Waals surface area contributed by atoms with Crippen LogP contribution >= 0.6 is 0 Å². The molecule has 1 fully saturated rings. The number of rotatable bonds is 9. The summed E-state index contributed by atoms with van der Waals surface area (Å²) in [6.45, 7) is 10.6. The van der Waals surface area contributed by atoms with Crippen LogP contribution in [0.4, 0.5) is 0 Å². The van der Waals surface area contributed by atoms with Gasteiger partial charge in [0.25, 0.3) is 0 Å². The summed E-state index contributed by atoms with van der Waals surface area (Å²) in [5, 5.41) is 8.90. The minimum absolute atomic E-state index is 0.0655. The van der Waals surface area contributed by atoms with E-state index in [1.54, 1.807) is 17.1 Å². The Morgan fingerprint density at radius 3 is 2.43 bits per heavy atom. The van der Waals surface area contributed by atoms with Crippen molar-refractivity contribution < 1.29 is 14.7 Å². The van der Waals surface area contributed by atoms with Crippen molar-refractivity contribution in [1.82, 2.24) is 14.7 Å². The first kappa shape index (κ1) is 19.4. The average molecular weight is 323 g/mol. The molecule has 23 heavy (non-hydrogen) atoms. The molecule has 1 aliphatic rings. The molecule has 0 radical (unpaired) electrons. The summed E-state index contributed by atoms with van der Waals surface area (Å²) in [4.78, 5) is 29.0. The van der Waals surface area contributed by atoms with Crippen molar-refractivity contribution in [3.8, 4) is 0 Å². The maximum absolute atomic E-state index is 12.4. The number of hydrogen-bond acceptors (Lipinski definition) is 4. The largest absolute Gasteiger partial charge is 0.480 e. The van der Waals surface area contributed by atoms with Crippen LogP contribution in [0.15, 0.2) is 25.3 Å². The second kappa shape index (κ2) is 10.2. The second-order valence-corrected chi connectivity index (χ2v) is 6.05. The second-order valence-electron chi connectivity index (χ2n) is 6.05. The summed E-state index contributed by atoms with van der Waals surface area (Å²) in [6, 6.07) is 0.267. The van der Waals surface area contributed by atoms with Crippen molar-refractivity contribution in [1.29, 1.82) is 0 Å². The van der Waals surface area contributed by atoms with Gasteiger partial charge in [-0.05, 0) is 32.9 Å². The molecule has 0 aliphatic carbocycles. The Kier molecular flexibility index (Phi) is 8.58. The van der Waals surface area contributed by atoms with E-state index in [1.165, 1.54) is 0 Å². The lowest BCUT2D eigenvalue weighted by Gasteiger charge is -2.26. The van der Waals surface area contributed by atoms with Crippen LogP contribution in [0.1, 0.15) is 19.3 Å². The van der Waals surface area contributed by atoms with Gasteiger partial charge in [0.1, 0.15) is 0 Å². The minimum atomic E-state index is -0.798. The van der Waals surface area contributed by atoms with E-state index in [4.69, 9.17) is 5.11 Å². The molecule has 0 spiro atoms. The van der Waals surface area contributed by atoms with Crippen molar-refractivity contribution in [2.45, 2.75) is 25.3 Å². The first-order chi connectivity index (χ1) is 11.0. The van der Waals surface area contributed by atoms with E-state index in [9.17, 15) is 9.59 Å². The number of carboxylic acids is 1. The number of carboxylic acid groups (broad SMARTS) is 1.